The van der Waals surface area contributed by atoms with Crippen LogP contribution in [0.5, 0.6) is 0 Å². The van der Waals surface area contributed by atoms with Gasteiger partial charge in [0.15, 0.2) is 9.84 Å². The summed E-state index contributed by atoms with van der Waals surface area (Å²) in [6.07, 6.45) is 3.13. The molecule has 1 aromatic rings. The molecule has 1 N–H and O–H groups in total. The Morgan fingerprint density at radius 1 is 1.48 bits per heavy atom. The van der Waals surface area contributed by atoms with Crippen molar-refractivity contribution in [3.8, 4) is 0 Å². The molecule has 0 spiro atoms. The van der Waals surface area contributed by atoms with Crippen LogP contribution in [0.3, 0.4) is 0 Å². The topological polar surface area (TPSA) is 79.4 Å². The summed E-state index contributed by atoms with van der Waals surface area (Å²) in [5, 5.41) is 2.86. The zero-order valence-electron chi connectivity index (χ0n) is 13.9. The third kappa shape index (κ3) is 4.92. The highest BCUT2D eigenvalue weighted by Gasteiger charge is 2.31. The van der Waals surface area contributed by atoms with E-state index in [0.717, 1.165) is 12.1 Å². The van der Waals surface area contributed by atoms with Crippen LogP contribution in [0.4, 0.5) is 5.69 Å². The fourth-order valence-corrected chi connectivity index (χ4v) is 4.39. The molecule has 1 atom stereocenters. The van der Waals surface area contributed by atoms with E-state index in [2.05, 4.69) is 24.1 Å². The summed E-state index contributed by atoms with van der Waals surface area (Å²) in [5.41, 5.74) is 1.18. The number of carbonyl (C=O) groups is 1. The van der Waals surface area contributed by atoms with Crippen LogP contribution in [0.2, 0.25) is 0 Å². The predicted octanol–water partition coefficient (Wildman–Crippen LogP) is 1.48. The van der Waals surface area contributed by atoms with Gasteiger partial charge in [0.1, 0.15) is 5.69 Å². The molecule has 1 aliphatic heterocycles. The second kappa shape index (κ2) is 7.29. The van der Waals surface area contributed by atoms with Crippen LogP contribution in [-0.4, -0.2) is 50.4 Å². The molecular formula is C16H25N3O3S. The number of hydrogen-bond acceptors (Lipinski definition) is 5. The Kier molecular flexibility index (Phi) is 5.62. The molecule has 1 fully saturated rings. The smallest absolute Gasteiger partial charge is 0.269 e. The number of nitrogens with one attached hydrogen (secondary N) is 1. The normalized spacial score (nSPS) is 19.7. The first kappa shape index (κ1) is 17.7. The lowest BCUT2D eigenvalue weighted by Crippen LogP contribution is -2.33. The summed E-state index contributed by atoms with van der Waals surface area (Å²) in [6.45, 7) is 4.84. The minimum atomic E-state index is -2.93. The van der Waals surface area contributed by atoms with Crippen molar-refractivity contribution in [2.75, 3.05) is 30.0 Å². The number of hydrogen-bond donors (Lipinski definition) is 1. The number of carbonyl (C=O) groups excluding carboxylic acids is 1. The van der Waals surface area contributed by atoms with Gasteiger partial charge in [0, 0.05) is 31.5 Å². The second-order valence-corrected chi connectivity index (χ2v) is 8.73. The summed E-state index contributed by atoms with van der Waals surface area (Å²) in [5.74, 6) is 0.738. The second-order valence-electron chi connectivity index (χ2n) is 6.51. The van der Waals surface area contributed by atoms with E-state index in [9.17, 15) is 13.2 Å². The first-order chi connectivity index (χ1) is 10.8. The van der Waals surface area contributed by atoms with Gasteiger partial charge >= 0.3 is 0 Å². The fourth-order valence-electron chi connectivity index (χ4n) is 2.62. The van der Waals surface area contributed by atoms with Crippen LogP contribution in [0, 0.1) is 5.92 Å². The number of pyridine rings is 1. The number of nitrogens with zero attached hydrogens (tertiary/aromatic N) is 2. The van der Waals surface area contributed by atoms with Crippen molar-refractivity contribution in [2.24, 2.45) is 5.92 Å². The van der Waals surface area contributed by atoms with Crippen molar-refractivity contribution in [1.82, 2.24) is 10.3 Å². The molecule has 1 unspecified atom stereocenters. The van der Waals surface area contributed by atoms with Crippen molar-refractivity contribution in [3.05, 3.63) is 24.0 Å². The highest BCUT2D eigenvalue weighted by atomic mass is 32.2. The fraction of sp³-hybridized carbons (Fsp3) is 0.625. The first-order valence-corrected chi connectivity index (χ1v) is 9.78. The Balaban J connectivity index is 2.03. The molecule has 1 aromatic heterocycles. The third-order valence-electron chi connectivity index (χ3n) is 4.15. The summed E-state index contributed by atoms with van der Waals surface area (Å²) < 4.78 is 23.2. The van der Waals surface area contributed by atoms with Crippen LogP contribution < -0.4 is 10.2 Å². The van der Waals surface area contributed by atoms with E-state index in [1.807, 2.05) is 11.9 Å². The Morgan fingerprint density at radius 2 is 2.22 bits per heavy atom. The number of amides is 1. The Bertz CT molecular complexity index is 658. The molecule has 0 bridgehead atoms. The zero-order valence-corrected chi connectivity index (χ0v) is 14.8. The molecule has 128 valence electrons. The average Bonchev–Trinajstić information content (AvgIpc) is 2.86. The van der Waals surface area contributed by atoms with Gasteiger partial charge in [-0.25, -0.2) is 8.42 Å². The zero-order chi connectivity index (χ0) is 17.0. The monoisotopic (exact) mass is 339 g/mol. The molecule has 7 heteroatoms. The molecular weight excluding hydrogens is 314 g/mol. The largest absolute Gasteiger partial charge is 0.370 e. The number of sulfone groups is 1. The van der Waals surface area contributed by atoms with Crippen LogP contribution in [-0.2, 0) is 9.84 Å². The van der Waals surface area contributed by atoms with E-state index in [1.165, 1.54) is 0 Å². The summed E-state index contributed by atoms with van der Waals surface area (Å²) in [4.78, 5) is 18.2. The van der Waals surface area contributed by atoms with Gasteiger partial charge < -0.3 is 10.2 Å². The molecule has 0 aliphatic carbocycles. The van der Waals surface area contributed by atoms with E-state index in [1.54, 1.807) is 18.3 Å². The van der Waals surface area contributed by atoms with Crippen LogP contribution in [0.25, 0.3) is 0 Å². The highest BCUT2D eigenvalue weighted by Crippen LogP contribution is 2.23. The highest BCUT2D eigenvalue weighted by molar-refractivity contribution is 7.91. The van der Waals surface area contributed by atoms with E-state index in [0.29, 0.717) is 24.6 Å². The summed E-state index contributed by atoms with van der Waals surface area (Å²) >= 11 is 0. The van der Waals surface area contributed by atoms with Gasteiger partial charge in [-0.3, -0.25) is 9.78 Å². The van der Waals surface area contributed by atoms with Gasteiger partial charge in [0.05, 0.1) is 11.5 Å². The number of rotatable bonds is 6. The molecule has 0 saturated carbocycles. The Hall–Kier alpha value is -1.63. The molecule has 1 aliphatic rings. The van der Waals surface area contributed by atoms with Gasteiger partial charge in [0.2, 0.25) is 0 Å². The van der Waals surface area contributed by atoms with E-state index in [-0.39, 0.29) is 23.5 Å². The van der Waals surface area contributed by atoms with Crippen molar-refractivity contribution < 1.29 is 13.2 Å². The lowest BCUT2D eigenvalue weighted by Gasteiger charge is -2.25. The van der Waals surface area contributed by atoms with Gasteiger partial charge in [0.25, 0.3) is 5.91 Å². The van der Waals surface area contributed by atoms with Crippen molar-refractivity contribution in [1.29, 1.82) is 0 Å². The number of anilines is 1. The van der Waals surface area contributed by atoms with Crippen LogP contribution in [0.15, 0.2) is 18.3 Å². The molecule has 23 heavy (non-hydrogen) atoms. The molecule has 2 rings (SSSR count). The van der Waals surface area contributed by atoms with E-state index < -0.39 is 9.84 Å². The summed E-state index contributed by atoms with van der Waals surface area (Å²) in [7, 11) is -1.07. The average molecular weight is 339 g/mol. The van der Waals surface area contributed by atoms with Gasteiger partial charge in [-0.15, -0.1) is 0 Å². The van der Waals surface area contributed by atoms with Gasteiger partial charge in [-0.2, -0.15) is 0 Å². The van der Waals surface area contributed by atoms with Gasteiger partial charge in [-0.1, -0.05) is 13.8 Å². The minimum Gasteiger partial charge on any atom is -0.370 e. The lowest BCUT2D eigenvalue weighted by atomic mass is 10.1. The SMILES string of the molecule is CC(C)CCNC(=O)c1cc(N(C)C2CCS(=O)(=O)C2)ccn1. The Labute approximate surface area is 138 Å². The van der Waals surface area contributed by atoms with E-state index in [4.69, 9.17) is 0 Å². The maximum Gasteiger partial charge on any atom is 0.269 e. The van der Waals surface area contributed by atoms with Gasteiger partial charge in [-0.05, 0) is 30.9 Å². The molecule has 0 aromatic carbocycles. The molecule has 1 saturated heterocycles. The van der Waals surface area contributed by atoms with Crippen molar-refractivity contribution >= 4 is 21.4 Å². The maximum absolute atomic E-state index is 12.1. The standard InChI is InChI=1S/C16H25N3O3S/c1-12(2)4-7-18-16(20)15-10-13(5-8-17-15)19(3)14-6-9-23(21,22)11-14/h5,8,10,12,14H,4,6-7,9,11H2,1-3H3,(H,18,20). The van der Waals surface area contributed by atoms with Crippen LogP contribution >= 0.6 is 0 Å². The lowest BCUT2D eigenvalue weighted by molar-refractivity contribution is 0.0947. The third-order valence-corrected chi connectivity index (χ3v) is 5.90. The van der Waals surface area contributed by atoms with E-state index >= 15 is 0 Å². The number of aromatic nitrogens is 1. The van der Waals surface area contributed by atoms with Crippen LogP contribution in [0.1, 0.15) is 37.2 Å². The van der Waals surface area contributed by atoms with Crippen molar-refractivity contribution in [3.63, 3.8) is 0 Å². The quantitative estimate of drug-likeness (QED) is 0.849. The molecule has 2 heterocycles. The Morgan fingerprint density at radius 3 is 2.83 bits per heavy atom. The first-order valence-electron chi connectivity index (χ1n) is 7.96. The minimum absolute atomic E-state index is 0.0424. The van der Waals surface area contributed by atoms with Crippen molar-refractivity contribution in [2.45, 2.75) is 32.7 Å². The molecule has 1 amide bonds. The maximum atomic E-state index is 12.1. The molecule has 6 nitrogen and oxygen atoms in total. The predicted molar refractivity (Wildman–Crippen MR) is 91.5 cm³/mol. The summed E-state index contributed by atoms with van der Waals surface area (Å²) in [6, 6.07) is 3.48. The molecule has 0 radical (unpaired) electrons.